The van der Waals surface area contributed by atoms with Gasteiger partial charge in [0.2, 0.25) is 0 Å². The van der Waals surface area contributed by atoms with E-state index in [-0.39, 0.29) is 12.4 Å². The first-order valence-corrected chi connectivity index (χ1v) is 4.80. The Kier molecular flexibility index (Phi) is 2.47. The van der Waals surface area contributed by atoms with Gasteiger partial charge in [-0.05, 0) is 26.2 Å². The fourth-order valence-corrected chi connectivity index (χ4v) is 1.90. The lowest BCUT2D eigenvalue weighted by atomic mass is 9.97. The van der Waals surface area contributed by atoms with Crippen LogP contribution in [0.15, 0.2) is 12.2 Å². The number of hydrogen-bond acceptors (Lipinski definition) is 2. The first-order valence-electron chi connectivity index (χ1n) is 4.80. The van der Waals surface area contributed by atoms with Crippen LogP contribution >= 0.6 is 0 Å². The predicted molar refractivity (Wildman–Crippen MR) is 46.8 cm³/mol. The molecule has 2 rings (SSSR count). The molecule has 2 unspecified atom stereocenters. The van der Waals surface area contributed by atoms with E-state index in [9.17, 15) is 0 Å². The molecule has 2 nitrogen and oxygen atoms in total. The van der Waals surface area contributed by atoms with Gasteiger partial charge in [-0.1, -0.05) is 12.2 Å². The predicted octanol–water partition coefficient (Wildman–Crippen LogP) is 2.10. The molecule has 0 aromatic rings. The van der Waals surface area contributed by atoms with Crippen LogP contribution in [-0.4, -0.2) is 19.0 Å². The van der Waals surface area contributed by atoms with Crippen LogP contribution in [0.2, 0.25) is 0 Å². The Morgan fingerprint density at radius 1 is 1.42 bits per heavy atom. The van der Waals surface area contributed by atoms with Crippen molar-refractivity contribution in [2.75, 3.05) is 6.61 Å². The van der Waals surface area contributed by atoms with Gasteiger partial charge in [0, 0.05) is 12.5 Å². The van der Waals surface area contributed by atoms with Crippen LogP contribution in [0.25, 0.3) is 0 Å². The molecule has 0 aromatic carbocycles. The molecule has 2 aliphatic rings. The maximum Gasteiger partial charge on any atom is 0.161 e. The Balaban J connectivity index is 2.01. The maximum atomic E-state index is 5.71. The molecule has 12 heavy (non-hydrogen) atoms. The maximum absolute atomic E-state index is 5.71. The molecule has 3 atom stereocenters. The highest BCUT2D eigenvalue weighted by Gasteiger charge is 2.28. The zero-order valence-corrected chi connectivity index (χ0v) is 7.53. The molecule has 0 aromatic heterocycles. The van der Waals surface area contributed by atoms with Crippen LogP contribution in [-0.2, 0) is 9.47 Å². The van der Waals surface area contributed by atoms with Crippen molar-refractivity contribution >= 4 is 0 Å². The zero-order valence-electron chi connectivity index (χ0n) is 7.53. The van der Waals surface area contributed by atoms with Crippen LogP contribution < -0.4 is 0 Å². The molecule has 2 heteroatoms. The molecule has 68 valence electrons. The molecule has 0 N–H and O–H groups in total. The summed E-state index contributed by atoms with van der Waals surface area (Å²) in [4.78, 5) is 0. The minimum Gasteiger partial charge on any atom is -0.352 e. The van der Waals surface area contributed by atoms with Crippen LogP contribution in [0, 0.1) is 5.92 Å². The topological polar surface area (TPSA) is 18.5 Å². The second kappa shape index (κ2) is 3.58. The summed E-state index contributed by atoms with van der Waals surface area (Å²) in [5.74, 6) is 0.597. The van der Waals surface area contributed by atoms with Crippen molar-refractivity contribution in [3.8, 4) is 0 Å². The average Bonchev–Trinajstić information content (AvgIpc) is 2.25. The second-order valence-electron chi connectivity index (χ2n) is 3.65. The Bertz CT molecular complexity index is 177. The molecular formula is C10H16O2. The number of fused-ring (bicyclic) bond motifs is 1. The van der Waals surface area contributed by atoms with E-state index in [2.05, 4.69) is 19.1 Å². The van der Waals surface area contributed by atoms with Gasteiger partial charge < -0.3 is 9.47 Å². The molecule has 1 fully saturated rings. The van der Waals surface area contributed by atoms with Gasteiger partial charge in [-0.15, -0.1) is 0 Å². The Hall–Kier alpha value is -0.340. The summed E-state index contributed by atoms with van der Waals surface area (Å²) in [6.45, 7) is 2.94. The summed E-state index contributed by atoms with van der Waals surface area (Å²) < 4.78 is 11.3. The quantitative estimate of drug-likeness (QED) is 0.516. The van der Waals surface area contributed by atoms with Gasteiger partial charge in [-0.2, -0.15) is 0 Å². The molecule has 0 aliphatic carbocycles. The van der Waals surface area contributed by atoms with E-state index in [1.165, 1.54) is 12.8 Å². The molecule has 2 heterocycles. The van der Waals surface area contributed by atoms with Gasteiger partial charge in [-0.25, -0.2) is 0 Å². The molecule has 0 spiro atoms. The Morgan fingerprint density at radius 2 is 2.33 bits per heavy atom. The third-order valence-corrected chi connectivity index (χ3v) is 2.58. The molecule has 0 amide bonds. The number of ether oxygens (including phenoxy) is 2. The SMILES string of the molecule is C[C@H]1C=CCC2CCCOC2O1. The highest BCUT2D eigenvalue weighted by molar-refractivity contribution is 4.93. The van der Waals surface area contributed by atoms with Crippen molar-refractivity contribution in [2.45, 2.75) is 38.6 Å². The lowest BCUT2D eigenvalue weighted by Crippen LogP contribution is -2.32. The summed E-state index contributed by atoms with van der Waals surface area (Å²) in [7, 11) is 0. The van der Waals surface area contributed by atoms with Crippen molar-refractivity contribution < 1.29 is 9.47 Å². The monoisotopic (exact) mass is 168 g/mol. The molecule has 2 aliphatic heterocycles. The first kappa shape index (κ1) is 8.27. The van der Waals surface area contributed by atoms with Crippen LogP contribution in [0.3, 0.4) is 0 Å². The van der Waals surface area contributed by atoms with Gasteiger partial charge >= 0.3 is 0 Å². The van der Waals surface area contributed by atoms with E-state index in [1.54, 1.807) is 0 Å². The molecule has 1 saturated heterocycles. The highest BCUT2D eigenvalue weighted by Crippen LogP contribution is 2.28. The van der Waals surface area contributed by atoms with Gasteiger partial charge in [0.25, 0.3) is 0 Å². The lowest BCUT2D eigenvalue weighted by molar-refractivity contribution is -0.200. The van der Waals surface area contributed by atoms with Crippen molar-refractivity contribution in [3.63, 3.8) is 0 Å². The lowest BCUT2D eigenvalue weighted by Gasteiger charge is -2.30. The third-order valence-electron chi connectivity index (χ3n) is 2.58. The van der Waals surface area contributed by atoms with Gasteiger partial charge in [-0.3, -0.25) is 0 Å². The van der Waals surface area contributed by atoms with Crippen LogP contribution in [0.5, 0.6) is 0 Å². The van der Waals surface area contributed by atoms with Crippen molar-refractivity contribution in [2.24, 2.45) is 5.92 Å². The summed E-state index contributed by atoms with van der Waals surface area (Å²) in [5, 5.41) is 0. The second-order valence-corrected chi connectivity index (χ2v) is 3.65. The standard InChI is InChI=1S/C10H16O2/c1-8-4-2-5-9-6-3-7-11-10(9)12-8/h2,4,8-10H,3,5-7H2,1H3/t8-,9?,10?/m0/s1. The minimum atomic E-state index is 0.0590. The van der Waals surface area contributed by atoms with Gasteiger partial charge in [0.1, 0.15) is 0 Å². The number of rotatable bonds is 0. The van der Waals surface area contributed by atoms with Crippen LogP contribution in [0.4, 0.5) is 0 Å². The van der Waals surface area contributed by atoms with Crippen LogP contribution in [0.1, 0.15) is 26.2 Å². The van der Waals surface area contributed by atoms with Crippen molar-refractivity contribution in [3.05, 3.63) is 12.2 Å². The van der Waals surface area contributed by atoms with Crippen molar-refractivity contribution in [1.29, 1.82) is 0 Å². The van der Waals surface area contributed by atoms with Gasteiger partial charge in [0.15, 0.2) is 6.29 Å². The Morgan fingerprint density at radius 3 is 3.25 bits per heavy atom. The molecule has 0 radical (unpaired) electrons. The summed E-state index contributed by atoms with van der Waals surface area (Å²) in [5.41, 5.74) is 0. The zero-order chi connectivity index (χ0) is 8.39. The molecule has 0 saturated carbocycles. The molecule has 0 bridgehead atoms. The number of allylic oxidation sites excluding steroid dienone is 1. The van der Waals surface area contributed by atoms with E-state index >= 15 is 0 Å². The Labute approximate surface area is 73.5 Å². The minimum absolute atomic E-state index is 0.0590. The smallest absolute Gasteiger partial charge is 0.161 e. The number of hydrogen-bond donors (Lipinski definition) is 0. The highest BCUT2D eigenvalue weighted by atomic mass is 16.7. The van der Waals surface area contributed by atoms with E-state index in [0.29, 0.717) is 5.92 Å². The average molecular weight is 168 g/mol. The summed E-state index contributed by atoms with van der Waals surface area (Å²) >= 11 is 0. The largest absolute Gasteiger partial charge is 0.352 e. The fourth-order valence-electron chi connectivity index (χ4n) is 1.90. The normalized spacial score (nSPS) is 41.9. The molecular weight excluding hydrogens is 152 g/mol. The third kappa shape index (κ3) is 1.70. The first-order chi connectivity index (χ1) is 5.86. The summed E-state index contributed by atoms with van der Waals surface area (Å²) in [6, 6.07) is 0. The van der Waals surface area contributed by atoms with E-state index in [0.717, 1.165) is 13.0 Å². The fraction of sp³-hybridized carbons (Fsp3) is 0.800. The van der Waals surface area contributed by atoms with Gasteiger partial charge in [0.05, 0.1) is 6.10 Å². The van der Waals surface area contributed by atoms with E-state index in [4.69, 9.17) is 9.47 Å². The summed E-state index contributed by atoms with van der Waals surface area (Å²) in [6.07, 6.45) is 8.19. The van der Waals surface area contributed by atoms with E-state index in [1.807, 2.05) is 0 Å². The van der Waals surface area contributed by atoms with E-state index < -0.39 is 0 Å². The van der Waals surface area contributed by atoms with Crippen molar-refractivity contribution in [1.82, 2.24) is 0 Å².